The van der Waals surface area contributed by atoms with Gasteiger partial charge in [-0.15, -0.1) is 0 Å². The predicted molar refractivity (Wildman–Crippen MR) is 131 cm³/mol. The third-order valence-corrected chi connectivity index (χ3v) is 6.29. The van der Waals surface area contributed by atoms with E-state index in [0.29, 0.717) is 11.5 Å². The first-order valence-electron chi connectivity index (χ1n) is 11.0. The minimum absolute atomic E-state index is 0.631. The maximum atomic E-state index is 13.3. The molecule has 1 aromatic heterocycles. The largest absolute Gasteiger partial charge is 0.416 e. The van der Waals surface area contributed by atoms with E-state index in [9.17, 15) is 13.2 Å². The first kappa shape index (κ1) is 20.5. The minimum atomic E-state index is -4.39. The second kappa shape index (κ2) is 7.45. The Morgan fingerprint density at radius 2 is 1.21 bits per heavy atom. The Labute approximate surface area is 193 Å². The maximum Gasteiger partial charge on any atom is 0.416 e. The van der Waals surface area contributed by atoms with Crippen LogP contribution in [0.4, 0.5) is 13.2 Å². The third-order valence-electron chi connectivity index (χ3n) is 6.29. The van der Waals surface area contributed by atoms with Gasteiger partial charge >= 0.3 is 6.18 Å². The number of hydrogen-bond donors (Lipinski definition) is 0. The summed E-state index contributed by atoms with van der Waals surface area (Å²) in [6.45, 7) is 2.02. The van der Waals surface area contributed by atoms with E-state index in [1.54, 1.807) is 0 Å². The van der Waals surface area contributed by atoms with Crippen molar-refractivity contribution in [3.8, 4) is 17.1 Å². The van der Waals surface area contributed by atoms with Gasteiger partial charge in [0, 0.05) is 22.0 Å². The highest BCUT2D eigenvalue weighted by molar-refractivity contribution is 6.24. The van der Waals surface area contributed by atoms with E-state index >= 15 is 0 Å². The van der Waals surface area contributed by atoms with E-state index < -0.39 is 11.7 Å². The molecule has 0 radical (unpaired) electrons. The van der Waals surface area contributed by atoms with Crippen LogP contribution in [-0.2, 0) is 6.18 Å². The first-order chi connectivity index (χ1) is 16.4. The third kappa shape index (κ3) is 3.16. The molecule has 2 nitrogen and oxygen atoms in total. The number of halogens is 3. The van der Waals surface area contributed by atoms with E-state index in [1.165, 1.54) is 12.1 Å². The predicted octanol–water partition coefficient (Wildman–Crippen LogP) is 8.33. The average molecular weight is 452 g/mol. The number of aryl methyl sites for hydroxylation is 1. The normalized spacial score (nSPS) is 12.1. The molecule has 0 saturated carbocycles. The fraction of sp³-hybridized carbons (Fsp3) is 0.0690. The van der Waals surface area contributed by atoms with Crippen molar-refractivity contribution < 1.29 is 13.2 Å². The Bertz CT molecular complexity index is 1680. The number of hydrogen-bond acceptors (Lipinski definition) is 1. The van der Waals surface area contributed by atoms with Gasteiger partial charge in [-0.1, -0.05) is 78.4 Å². The lowest BCUT2D eigenvalue weighted by Gasteiger charge is -2.14. The Morgan fingerprint density at radius 3 is 1.82 bits per heavy atom. The zero-order valence-corrected chi connectivity index (χ0v) is 18.3. The van der Waals surface area contributed by atoms with Gasteiger partial charge in [-0.2, -0.15) is 13.2 Å². The van der Waals surface area contributed by atoms with Gasteiger partial charge in [0.2, 0.25) is 0 Å². The molecule has 0 saturated heterocycles. The second-order valence-electron chi connectivity index (χ2n) is 8.47. The molecule has 5 heteroatoms. The molecule has 5 aromatic carbocycles. The summed E-state index contributed by atoms with van der Waals surface area (Å²) in [5.74, 6) is 0.691. The van der Waals surface area contributed by atoms with Crippen LogP contribution in [0.3, 0.4) is 0 Å². The van der Waals surface area contributed by atoms with Crippen molar-refractivity contribution >= 4 is 32.6 Å². The van der Waals surface area contributed by atoms with Gasteiger partial charge in [0.05, 0.1) is 16.6 Å². The van der Waals surface area contributed by atoms with Gasteiger partial charge in [-0.25, -0.2) is 4.98 Å². The number of rotatable bonds is 2. The van der Waals surface area contributed by atoms with Gasteiger partial charge in [0.25, 0.3) is 0 Å². The molecule has 0 atom stereocenters. The Hall–Kier alpha value is -4.12. The summed E-state index contributed by atoms with van der Waals surface area (Å²) in [4.78, 5) is 5.08. The van der Waals surface area contributed by atoms with Crippen LogP contribution in [0.5, 0.6) is 0 Å². The van der Waals surface area contributed by atoms with Crippen LogP contribution in [0, 0.1) is 6.92 Å². The number of fused-ring (bicyclic) bond motifs is 6. The van der Waals surface area contributed by atoms with Gasteiger partial charge in [-0.3, -0.25) is 4.57 Å². The highest BCUT2D eigenvalue weighted by Crippen LogP contribution is 2.39. The monoisotopic (exact) mass is 452 g/mol. The van der Waals surface area contributed by atoms with Crippen molar-refractivity contribution in [1.29, 1.82) is 0 Å². The standard InChI is InChI=1S/C29H19F3N2/c1-18-10-12-19(13-11-18)28-33-26-24-8-4-2-6-22(24)23-7-3-5-9-25(23)27(26)34(28)21-16-14-20(15-17-21)29(30,31)32/h2-17H,1H3. The zero-order chi connectivity index (χ0) is 23.4. The average Bonchev–Trinajstić information content (AvgIpc) is 3.25. The van der Waals surface area contributed by atoms with Crippen molar-refractivity contribution in [2.24, 2.45) is 0 Å². The Morgan fingerprint density at radius 1 is 0.647 bits per heavy atom. The molecular weight excluding hydrogens is 433 g/mol. The molecule has 166 valence electrons. The maximum absolute atomic E-state index is 13.3. The van der Waals surface area contributed by atoms with Crippen LogP contribution in [0.1, 0.15) is 11.1 Å². The quantitative estimate of drug-likeness (QED) is 0.242. The van der Waals surface area contributed by atoms with E-state index in [4.69, 9.17) is 4.98 Å². The summed E-state index contributed by atoms with van der Waals surface area (Å²) in [5, 5.41) is 4.18. The van der Waals surface area contributed by atoms with Crippen LogP contribution >= 0.6 is 0 Å². The lowest BCUT2D eigenvalue weighted by molar-refractivity contribution is -0.137. The second-order valence-corrected chi connectivity index (χ2v) is 8.47. The van der Waals surface area contributed by atoms with Crippen molar-refractivity contribution in [2.45, 2.75) is 13.1 Å². The minimum Gasteiger partial charge on any atom is -0.292 e. The van der Waals surface area contributed by atoms with Gasteiger partial charge in [0.1, 0.15) is 5.82 Å². The lowest BCUT2D eigenvalue weighted by Crippen LogP contribution is -2.05. The molecular formula is C29H19F3N2. The van der Waals surface area contributed by atoms with E-state index in [2.05, 4.69) is 12.1 Å². The molecule has 0 aliphatic rings. The summed E-state index contributed by atoms with van der Waals surface area (Å²) in [7, 11) is 0. The molecule has 0 aliphatic carbocycles. The van der Waals surface area contributed by atoms with Crippen LogP contribution in [0.25, 0.3) is 49.7 Å². The Kier molecular flexibility index (Phi) is 4.49. The van der Waals surface area contributed by atoms with Crippen LogP contribution < -0.4 is 0 Å². The highest BCUT2D eigenvalue weighted by atomic mass is 19.4. The molecule has 6 aromatic rings. The summed E-state index contributed by atoms with van der Waals surface area (Å²) in [6, 6.07) is 29.6. The molecule has 0 bridgehead atoms. The molecule has 0 fully saturated rings. The fourth-order valence-corrected chi connectivity index (χ4v) is 4.65. The van der Waals surface area contributed by atoms with Crippen molar-refractivity contribution in [3.05, 3.63) is 108 Å². The molecule has 34 heavy (non-hydrogen) atoms. The SMILES string of the molecule is Cc1ccc(-c2nc3c4ccccc4c4ccccc4c3n2-c2ccc(C(F)(F)F)cc2)cc1. The first-order valence-corrected chi connectivity index (χ1v) is 11.0. The summed E-state index contributed by atoms with van der Waals surface area (Å²) in [5.41, 5.74) is 3.68. The van der Waals surface area contributed by atoms with Crippen LogP contribution in [0.15, 0.2) is 97.1 Å². The summed E-state index contributed by atoms with van der Waals surface area (Å²) < 4.78 is 41.8. The molecule has 0 unspecified atom stereocenters. The van der Waals surface area contributed by atoms with Crippen molar-refractivity contribution in [2.75, 3.05) is 0 Å². The summed E-state index contributed by atoms with van der Waals surface area (Å²) >= 11 is 0. The topological polar surface area (TPSA) is 17.8 Å². The van der Waals surface area contributed by atoms with E-state index in [-0.39, 0.29) is 0 Å². The molecule has 6 rings (SSSR count). The molecule has 0 N–H and O–H groups in total. The lowest BCUT2D eigenvalue weighted by atomic mass is 10.00. The number of benzene rings is 5. The van der Waals surface area contributed by atoms with Crippen LogP contribution in [-0.4, -0.2) is 9.55 Å². The fourth-order valence-electron chi connectivity index (χ4n) is 4.65. The van der Waals surface area contributed by atoms with E-state index in [0.717, 1.165) is 55.8 Å². The smallest absolute Gasteiger partial charge is 0.292 e. The summed E-state index contributed by atoms with van der Waals surface area (Å²) in [6.07, 6.45) is -4.39. The zero-order valence-electron chi connectivity index (χ0n) is 18.3. The number of imidazole rings is 1. The number of alkyl halides is 3. The van der Waals surface area contributed by atoms with Crippen molar-refractivity contribution in [3.63, 3.8) is 0 Å². The molecule has 1 heterocycles. The molecule has 0 spiro atoms. The highest BCUT2D eigenvalue weighted by Gasteiger charge is 2.30. The number of aromatic nitrogens is 2. The molecule has 0 amide bonds. The van der Waals surface area contributed by atoms with Gasteiger partial charge < -0.3 is 0 Å². The van der Waals surface area contributed by atoms with E-state index in [1.807, 2.05) is 72.2 Å². The number of nitrogens with zero attached hydrogens (tertiary/aromatic N) is 2. The van der Waals surface area contributed by atoms with Crippen molar-refractivity contribution in [1.82, 2.24) is 9.55 Å². The molecule has 0 aliphatic heterocycles. The van der Waals surface area contributed by atoms with Crippen LogP contribution in [0.2, 0.25) is 0 Å². The van der Waals surface area contributed by atoms with Gasteiger partial charge in [-0.05, 0) is 42.0 Å². The Balaban J connectivity index is 1.77. The van der Waals surface area contributed by atoms with Gasteiger partial charge in [0.15, 0.2) is 0 Å².